The number of nitrogens with one attached hydrogen (secondary N) is 1. The molecule has 0 spiro atoms. The van der Waals surface area contributed by atoms with Crippen LogP contribution in [-0.4, -0.2) is 26.2 Å². The van der Waals surface area contributed by atoms with Crippen LogP contribution in [0.2, 0.25) is 0 Å². The standard InChI is InChI=1S/C22H25NO4/c1-25-17-6-2-4-15(12-17)8-9-22(24)23-19-7-3-5-16-13-20-21(14-18(16)19)27-11-10-26-20/h2,4,6,12-14,19H,3,5,7-11H2,1H3,(H,23,24). The maximum atomic E-state index is 12.5. The summed E-state index contributed by atoms with van der Waals surface area (Å²) in [5, 5.41) is 3.21. The lowest BCUT2D eigenvalue weighted by Crippen LogP contribution is -2.31. The van der Waals surface area contributed by atoms with Gasteiger partial charge in [-0.2, -0.15) is 0 Å². The van der Waals surface area contributed by atoms with Crippen LogP contribution in [0.5, 0.6) is 17.2 Å². The van der Waals surface area contributed by atoms with E-state index in [1.54, 1.807) is 7.11 Å². The van der Waals surface area contributed by atoms with E-state index in [-0.39, 0.29) is 11.9 Å². The number of ether oxygens (including phenoxy) is 3. The van der Waals surface area contributed by atoms with E-state index in [0.717, 1.165) is 42.1 Å². The predicted molar refractivity (Wildman–Crippen MR) is 103 cm³/mol. The number of amides is 1. The van der Waals surface area contributed by atoms with Gasteiger partial charge in [-0.1, -0.05) is 12.1 Å². The van der Waals surface area contributed by atoms with Crippen LogP contribution >= 0.6 is 0 Å². The molecule has 2 aromatic rings. The molecule has 27 heavy (non-hydrogen) atoms. The molecule has 1 atom stereocenters. The lowest BCUT2D eigenvalue weighted by atomic mass is 9.87. The van der Waals surface area contributed by atoms with Crippen molar-refractivity contribution < 1.29 is 19.0 Å². The van der Waals surface area contributed by atoms with Crippen LogP contribution in [0.25, 0.3) is 0 Å². The van der Waals surface area contributed by atoms with Gasteiger partial charge < -0.3 is 19.5 Å². The molecule has 1 heterocycles. The highest BCUT2D eigenvalue weighted by Gasteiger charge is 2.25. The van der Waals surface area contributed by atoms with Gasteiger partial charge in [0.15, 0.2) is 11.5 Å². The summed E-state index contributed by atoms with van der Waals surface area (Å²) in [4.78, 5) is 12.5. The van der Waals surface area contributed by atoms with Gasteiger partial charge in [0.05, 0.1) is 13.2 Å². The monoisotopic (exact) mass is 367 g/mol. The van der Waals surface area contributed by atoms with Crippen molar-refractivity contribution in [2.75, 3.05) is 20.3 Å². The molecule has 0 radical (unpaired) electrons. The first-order chi connectivity index (χ1) is 13.2. The highest BCUT2D eigenvalue weighted by Crippen LogP contribution is 2.39. The summed E-state index contributed by atoms with van der Waals surface area (Å²) in [6.07, 6.45) is 4.19. The van der Waals surface area contributed by atoms with Gasteiger partial charge in [0.1, 0.15) is 19.0 Å². The minimum Gasteiger partial charge on any atom is -0.497 e. The molecule has 0 saturated carbocycles. The molecule has 1 amide bonds. The van der Waals surface area contributed by atoms with E-state index >= 15 is 0 Å². The third-order valence-corrected chi connectivity index (χ3v) is 5.23. The molecule has 142 valence electrons. The van der Waals surface area contributed by atoms with Crippen LogP contribution in [0.3, 0.4) is 0 Å². The molecule has 2 aliphatic rings. The second kappa shape index (κ2) is 7.91. The molecule has 1 unspecified atom stereocenters. The third kappa shape index (κ3) is 4.02. The SMILES string of the molecule is COc1cccc(CCC(=O)NC2CCCc3cc4c(cc32)OCCO4)c1. The zero-order valence-corrected chi connectivity index (χ0v) is 15.6. The smallest absolute Gasteiger partial charge is 0.220 e. The minimum absolute atomic E-state index is 0.0439. The van der Waals surface area contributed by atoms with Gasteiger partial charge in [-0.15, -0.1) is 0 Å². The van der Waals surface area contributed by atoms with E-state index in [2.05, 4.69) is 17.4 Å². The number of methoxy groups -OCH3 is 1. The van der Waals surface area contributed by atoms with Crippen molar-refractivity contribution >= 4 is 5.91 Å². The Morgan fingerprint density at radius 2 is 2.00 bits per heavy atom. The molecule has 4 rings (SSSR count). The van der Waals surface area contributed by atoms with E-state index in [0.29, 0.717) is 26.1 Å². The molecule has 0 aromatic heterocycles. The number of hydrogen-bond acceptors (Lipinski definition) is 4. The van der Waals surface area contributed by atoms with Gasteiger partial charge in [0.25, 0.3) is 0 Å². The number of rotatable bonds is 5. The van der Waals surface area contributed by atoms with Crippen LogP contribution in [0, 0.1) is 0 Å². The lowest BCUT2D eigenvalue weighted by molar-refractivity contribution is -0.121. The average Bonchev–Trinajstić information content (AvgIpc) is 2.71. The Labute approximate surface area is 159 Å². The first-order valence-corrected chi connectivity index (χ1v) is 9.57. The Bertz CT molecular complexity index is 833. The maximum absolute atomic E-state index is 12.5. The number of aryl methyl sites for hydroxylation is 2. The molecular weight excluding hydrogens is 342 g/mol. The summed E-state index contributed by atoms with van der Waals surface area (Å²) in [5.41, 5.74) is 3.52. The zero-order chi connectivity index (χ0) is 18.6. The molecule has 5 heteroatoms. The maximum Gasteiger partial charge on any atom is 0.220 e. The molecule has 2 aromatic carbocycles. The fourth-order valence-electron chi connectivity index (χ4n) is 3.84. The van der Waals surface area contributed by atoms with Crippen LogP contribution in [0.1, 0.15) is 42.0 Å². The Kier molecular flexibility index (Phi) is 5.19. The largest absolute Gasteiger partial charge is 0.497 e. The number of fused-ring (bicyclic) bond motifs is 2. The van der Waals surface area contributed by atoms with E-state index in [1.807, 2.05) is 24.3 Å². The summed E-state index contributed by atoms with van der Waals surface area (Å²) in [6.45, 7) is 1.17. The minimum atomic E-state index is 0.0439. The van der Waals surface area contributed by atoms with Gasteiger partial charge >= 0.3 is 0 Å². The van der Waals surface area contributed by atoms with Crippen molar-refractivity contribution in [1.82, 2.24) is 5.32 Å². The van der Waals surface area contributed by atoms with Crippen molar-refractivity contribution in [2.45, 2.75) is 38.1 Å². The van der Waals surface area contributed by atoms with Crippen molar-refractivity contribution in [3.8, 4) is 17.2 Å². The number of carbonyl (C=O) groups excluding carboxylic acids is 1. The average molecular weight is 367 g/mol. The van der Waals surface area contributed by atoms with Gasteiger partial charge in [0, 0.05) is 6.42 Å². The Balaban J connectivity index is 1.42. The van der Waals surface area contributed by atoms with E-state index in [9.17, 15) is 4.79 Å². The predicted octanol–water partition coefficient (Wildman–Crippen LogP) is 3.59. The third-order valence-electron chi connectivity index (χ3n) is 5.23. The van der Waals surface area contributed by atoms with Crippen molar-refractivity contribution in [1.29, 1.82) is 0 Å². The van der Waals surface area contributed by atoms with Gasteiger partial charge in [-0.25, -0.2) is 0 Å². The van der Waals surface area contributed by atoms with Crippen LogP contribution in [0.4, 0.5) is 0 Å². The first-order valence-electron chi connectivity index (χ1n) is 9.57. The van der Waals surface area contributed by atoms with Crippen molar-refractivity contribution in [3.63, 3.8) is 0 Å². The van der Waals surface area contributed by atoms with Crippen molar-refractivity contribution in [3.05, 3.63) is 53.1 Å². The molecular formula is C22H25NO4. The molecule has 0 saturated heterocycles. The van der Waals surface area contributed by atoms with Crippen LogP contribution in [-0.2, 0) is 17.6 Å². The Morgan fingerprint density at radius 1 is 1.19 bits per heavy atom. The molecule has 0 fully saturated rings. The first kappa shape index (κ1) is 17.7. The van der Waals surface area contributed by atoms with Gasteiger partial charge in [-0.3, -0.25) is 4.79 Å². The summed E-state index contributed by atoms with van der Waals surface area (Å²) in [6, 6.07) is 12.0. The summed E-state index contributed by atoms with van der Waals surface area (Å²) >= 11 is 0. The van der Waals surface area contributed by atoms with Crippen LogP contribution < -0.4 is 19.5 Å². The second-order valence-electron chi connectivity index (χ2n) is 7.06. The second-order valence-corrected chi connectivity index (χ2v) is 7.06. The summed E-state index contributed by atoms with van der Waals surface area (Å²) in [5.74, 6) is 2.51. The summed E-state index contributed by atoms with van der Waals surface area (Å²) < 4.78 is 16.7. The molecule has 0 bridgehead atoms. The summed E-state index contributed by atoms with van der Waals surface area (Å²) in [7, 11) is 1.65. The molecule has 1 N–H and O–H groups in total. The van der Waals surface area contributed by atoms with Gasteiger partial charge in [0.2, 0.25) is 5.91 Å². The highest BCUT2D eigenvalue weighted by molar-refractivity contribution is 5.77. The quantitative estimate of drug-likeness (QED) is 0.877. The Morgan fingerprint density at radius 3 is 2.81 bits per heavy atom. The normalized spacial score (nSPS) is 17.7. The molecule has 5 nitrogen and oxygen atoms in total. The topological polar surface area (TPSA) is 56.8 Å². The van der Waals surface area contributed by atoms with Crippen LogP contribution in [0.15, 0.2) is 36.4 Å². The molecule has 1 aliphatic heterocycles. The number of carbonyl (C=O) groups is 1. The van der Waals surface area contributed by atoms with E-state index in [4.69, 9.17) is 14.2 Å². The number of hydrogen-bond donors (Lipinski definition) is 1. The Hall–Kier alpha value is -2.69. The fraction of sp³-hybridized carbons (Fsp3) is 0.409. The van der Waals surface area contributed by atoms with Crippen molar-refractivity contribution in [2.24, 2.45) is 0 Å². The molecule has 1 aliphatic carbocycles. The highest BCUT2D eigenvalue weighted by atomic mass is 16.6. The van der Waals surface area contributed by atoms with E-state index < -0.39 is 0 Å². The van der Waals surface area contributed by atoms with E-state index in [1.165, 1.54) is 11.1 Å². The fourth-order valence-corrected chi connectivity index (χ4v) is 3.84. The number of benzene rings is 2. The zero-order valence-electron chi connectivity index (χ0n) is 15.6. The van der Waals surface area contributed by atoms with Gasteiger partial charge in [-0.05, 0) is 66.6 Å². The lowest BCUT2D eigenvalue weighted by Gasteiger charge is -2.29.